The van der Waals surface area contributed by atoms with Crippen LogP contribution < -0.4 is 16.4 Å². The van der Waals surface area contributed by atoms with E-state index in [2.05, 4.69) is 46.6 Å². The van der Waals surface area contributed by atoms with Crippen molar-refractivity contribution in [3.05, 3.63) is 41.0 Å². The van der Waals surface area contributed by atoms with Crippen LogP contribution in [0.5, 0.6) is 0 Å². The fraction of sp³-hybridized carbons (Fsp3) is 0.375. The second-order valence-electron chi connectivity index (χ2n) is 5.36. The highest BCUT2D eigenvalue weighted by molar-refractivity contribution is 6.32. The first kappa shape index (κ1) is 16.5. The summed E-state index contributed by atoms with van der Waals surface area (Å²) in [4.78, 5) is 8.59. The number of hydrogen-bond donors (Lipinski definition) is 3. The highest BCUT2D eigenvalue weighted by Crippen LogP contribution is 2.22. The predicted octanol–water partition coefficient (Wildman–Crippen LogP) is 3.76. The van der Waals surface area contributed by atoms with Crippen molar-refractivity contribution in [2.45, 2.75) is 26.2 Å². The van der Waals surface area contributed by atoms with Gasteiger partial charge in [-0.2, -0.15) is 4.98 Å². The Morgan fingerprint density at radius 3 is 2.59 bits per heavy atom. The lowest BCUT2D eigenvalue weighted by Crippen LogP contribution is -2.10. The number of rotatable bonds is 7. The highest BCUT2D eigenvalue weighted by atomic mass is 35.5. The van der Waals surface area contributed by atoms with Crippen LogP contribution in [0.1, 0.15) is 31.7 Å². The highest BCUT2D eigenvalue weighted by Gasteiger charge is 2.06. The van der Waals surface area contributed by atoms with Crippen LogP contribution in [-0.4, -0.2) is 23.1 Å². The smallest absolute Gasteiger partial charge is 0.229 e. The van der Waals surface area contributed by atoms with Gasteiger partial charge < -0.3 is 16.4 Å². The molecule has 0 amide bonds. The number of anilines is 3. The molecule has 0 spiro atoms. The van der Waals surface area contributed by atoms with E-state index in [4.69, 9.17) is 17.3 Å². The molecule has 0 aliphatic carbocycles. The minimum Gasteiger partial charge on any atom is -0.369 e. The van der Waals surface area contributed by atoms with Crippen LogP contribution in [0.15, 0.2) is 30.5 Å². The van der Waals surface area contributed by atoms with E-state index < -0.39 is 0 Å². The predicted molar refractivity (Wildman–Crippen MR) is 93.0 cm³/mol. The Kier molecular flexibility index (Phi) is 5.98. The van der Waals surface area contributed by atoms with Crippen LogP contribution in [0, 0.1) is 0 Å². The van der Waals surface area contributed by atoms with Crippen LogP contribution in [0.3, 0.4) is 0 Å². The molecule has 0 fully saturated rings. The minimum atomic E-state index is 0.498. The molecule has 1 heterocycles. The van der Waals surface area contributed by atoms with Crippen molar-refractivity contribution in [1.29, 1.82) is 0 Å². The van der Waals surface area contributed by atoms with E-state index in [1.807, 2.05) is 12.1 Å². The van der Waals surface area contributed by atoms with Gasteiger partial charge in [0.2, 0.25) is 5.95 Å². The lowest BCUT2D eigenvalue weighted by molar-refractivity contribution is 0.867. The molecule has 0 bridgehead atoms. The van der Waals surface area contributed by atoms with Crippen molar-refractivity contribution in [2.24, 2.45) is 5.73 Å². The molecule has 0 saturated heterocycles. The van der Waals surface area contributed by atoms with Gasteiger partial charge in [-0.1, -0.05) is 37.6 Å². The normalized spacial score (nSPS) is 10.8. The average Bonchev–Trinajstić information content (AvgIpc) is 2.51. The Morgan fingerprint density at radius 1 is 1.23 bits per heavy atom. The van der Waals surface area contributed by atoms with E-state index in [9.17, 15) is 0 Å². The first-order valence-corrected chi connectivity index (χ1v) is 7.81. The molecule has 118 valence electrons. The second kappa shape index (κ2) is 7.96. The largest absolute Gasteiger partial charge is 0.369 e. The van der Waals surface area contributed by atoms with E-state index in [1.54, 1.807) is 6.20 Å². The van der Waals surface area contributed by atoms with Gasteiger partial charge in [-0.15, -0.1) is 0 Å². The molecule has 6 heteroatoms. The lowest BCUT2D eigenvalue weighted by Gasteiger charge is -2.11. The maximum Gasteiger partial charge on any atom is 0.229 e. The summed E-state index contributed by atoms with van der Waals surface area (Å²) in [5.74, 6) is 1.64. The Labute approximate surface area is 136 Å². The second-order valence-corrected chi connectivity index (χ2v) is 5.77. The molecular formula is C16H22ClN5. The van der Waals surface area contributed by atoms with E-state index in [-0.39, 0.29) is 0 Å². The zero-order valence-corrected chi connectivity index (χ0v) is 13.7. The van der Waals surface area contributed by atoms with Gasteiger partial charge in [-0.25, -0.2) is 4.98 Å². The Hall–Kier alpha value is -1.85. The summed E-state index contributed by atoms with van der Waals surface area (Å²) < 4.78 is 0. The molecule has 0 aliphatic rings. The molecule has 0 aliphatic heterocycles. The fourth-order valence-corrected chi connectivity index (χ4v) is 2.10. The molecule has 4 N–H and O–H groups in total. The molecule has 0 saturated carbocycles. The van der Waals surface area contributed by atoms with Gasteiger partial charge in [0.1, 0.15) is 10.8 Å². The van der Waals surface area contributed by atoms with Crippen LogP contribution in [0.25, 0.3) is 0 Å². The van der Waals surface area contributed by atoms with Crippen molar-refractivity contribution in [3.63, 3.8) is 0 Å². The van der Waals surface area contributed by atoms with Crippen molar-refractivity contribution >= 4 is 29.1 Å². The van der Waals surface area contributed by atoms with Gasteiger partial charge in [0.25, 0.3) is 0 Å². The van der Waals surface area contributed by atoms with E-state index in [0.717, 1.165) is 18.7 Å². The van der Waals surface area contributed by atoms with Crippen LogP contribution in [0.2, 0.25) is 5.02 Å². The molecule has 0 radical (unpaired) electrons. The Morgan fingerprint density at radius 2 is 1.95 bits per heavy atom. The molecule has 1 aromatic carbocycles. The zero-order valence-electron chi connectivity index (χ0n) is 12.9. The zero-order chi connectivity index (χ0) is 15.9. The summed E-state index contributed by atoms with van der Waals surface area (Å²) >= 11 is 6.09. The summed E-state index contributed by atoms with van der Waals surface area (Å²) in [6.07, 6.45) is 2.45. The number of hydrogen-bond acceptors (Lipinski definition) is 5. The number of aromatic nitrogens is 2. The minimum absolute atomic E-state index is 0.498. The number of nitrogens with two attached hydrogens (primary N) is 1. The number of benzene rings is 1. The first-order valence-electron chi connectivity index (χ1n) is 7.43. The number of nitrogens with zero attached hydrogens (tertiary/aromatic N) is 2. The van der Waals surface area contributed by atoms with Crippen LogP contribution in [0.4, 0.5) is 17.5 Å². The topological polar surface area (TPSA) is 75.9 Å². The summed E-state index contributed by atoms with van der Waals surface area (Å²) in [6, 6.07) is 8.25. The maximum atomic E-state index is 6.09. The maximum absolute atomic E-state index is 6.09. The standard InChI is InChI=1S/C16H22ClN5/c1-11(2)12-4-6-13(7-5-12)21-16-20-10-14(17)15(22-16)19-9-3-8-18/h4-7,10-11H,3,8-9,18H2,1-2H3,(H2,19,20,21,22). The monoisotopic (exact) mass is 319 g/mol. The quantitative estimate of drug-likeness (QED) is 0.677. The van der Waals surface area contributed by atoms with Crippen molar-refractivity contribution in [1.82, 2.24) is 9.97 Å². The number of nitrogens with one attached hydrogen (secondary N) is 2. The van der Waals surface area contributed by atoms with Gasteiger partial charge in [-0.3, -0.25) is 0 Å². The SMILES string of the molecule is CC(C)c1ccc(Nc2ncc(Cl)c(NCCCN)n2)cc1. The third-order valence-electron chi connectivity index (χ3n) is 3.25. The summed E-state index contributed by atoms with van der Waals surface area (Å²) in [5.41, 5.74) is 7.72. The molecule has 2 aromatic rings. The molecule has 22 heavy (non-hydrogen) atoms. The molecule has 5 nitrogen and oxygen atoms in total. The number of halogens is 1. The molecule has 0 unspecified atom stereocenters. The Bertz CT molecular complexity index is 598. The van der Waals surface area contributed by atoms with E-state index >= 15 is 0 Å². The van der Waals surface area contributed by atoms with Gasteiger partial charge in [0, 0.05) is 12.2 Å². The van der Waals surface area contributed by atoms with Crippen LogP contribution >= 0.6 is 11.6 Å². The molecular weight excluding hydrogens is 298 g/mol. The van der Waals surface area contributed by atoms with Crippen molar-refractivity contribution in [2.75, 3.05) is 23.7 Å². The molecule has 1 aromatic heterocycles. The van der Waals surface area contributed by atoms with Crippen molar-refractivity contribution in [3.8, 4) is 0 Å². The molecule has 0 atom stereocenters. The van der Waals surface area contributed by atoms with E-state index in [1.165, 1.54) is 5.56 Å². The fourth-order valence-electron chi connectivity index (χ4n) is 1.94. The van der Waals surface area contributed by atoms with Gasteiger partial charge in [-0.05, 0) is 36.6 Å². The van der Waals surface area contributed by atoms with Crippen LogP contribution in [-0.2, 0) is 0 Å². The van der Waals surface area contributed by atoms with Gasteiger partial charge >= 0.3 is 0 Å². The van der Waals surface area contributed by atoms with E-state index in [0.29, 0.717) is 29.3 Å². The third kappa shape index (κ3) is 4.58. The third-order valence-corrected chi connectivity index (χ3v) is 3.53. The summed E-state index contributed by atoms with van der Waals surface area (Å²) in [7, 11) is 0. The van der Waals surface area contributed by atoms with Crippen molar-refractivity contribution < 1.29 is 0 Å². The first-order chi connectivity index (χ1) is 10.6. The van der Waals surface area contributed by atoms with Gasteiger partial charge in [0.05, 0.1) is 6.20 Å². The Balaban J connectivity index is 2.07. The lowest BCUT2D eigenvalue weighted by atomic mass is 10.0. The summed E-state index contributed by atoms with van der Waals surface area (Å²) in [5, 5.41) is 6.84. The molecule has 2 rings (SSSR count). The van der Waals surface area contributed by atoms with Gasteiger partial charge in [0.15, 0.2) is 0 Å². The summed E-state index contributed by atoms with van der Waals surface area (Å²) in [6.45, 7) is 5.70. The average molecular weight is 320 g/mol.